The molecule has 26 heavy (non-hydrogen) atoms. The molecule has 0 amide bonds. The molecule has 0 aliphatic heterocycles. The van der Waals surface area contributed by atoms with Crippen LogP contribution in [0, 0.1) is 11.3 Å². The van der Waals surface area contributed by atoms with E-state index in [2.05, 4.69) is 16.4 Å². The first kappa shape index (κ1) is 17.8. The first-order valence-electron chi connectivity index (χ1n) is 7.81. The summed E-state index contributed by atoms with van der Waals surface area (Å²) in [5, 5.41) is 14.2. The van der Waals surface area contributed by atoms with Crippen molar-refractivity contribution in [3.63, 3.8) is 0 Å². The maximum absolute atomic E-state index is 9.52. The van der Waals surface area contributed by atoms with Gasteiger partial charge >= 0.3 is 0 Å². The fourth-order valence-electron chi connectivity index (χ4n) is 2.73. The smallest absolute Gasteiger partial charge is 0.162 e. The molecule has 0 bridgehead atoms. The molecule has 3 aromatic rings. The number of methoxy groups -OCH3 is 2. The summed E-state index contributed by atoms with van der Waals surface area (Å²) in [6, 6.07) is 11.1. The fraction of sp³-hybridized carbons (Fsp3) is 0.158. The van der Waals surface area contributed by atoms with E-state index in [1.54, 1.807) is 38.5 Å². The van der Waals surface area contributed by atoms with Crippen molar-refractivity contribution in [2.75, 3.05) is 19.5 Å². The molecule has 0 saturated heterocycles. The minimum Gasteiger partial charge on any atom is -0.493 e. The van der Waals surface area contributed by atoms with Crippen LogP contribution in [0.15, 0.2) is 36.5 Å². The fourth-order valence-corrected chi connectivity index (χ4v) is 2.92. The summed E-state index contributed by atoms with van der Waals surface area (Å²) in [5.41, 5.74) is 9.14. The summed E-state index contributed by atoms with van der Waals surface area (Å²) in [4.78, 5) is 4.35. The van der Waals surface area contributed by atoms with Gasteiger partial charge in [-0.1, -0.05) is 11.6 Å². The van der Waals surface area contributed by atoms with Gasteiger partial charge in [-0.3, -0.25) is 4.98 Å². The number of nitrogens with two attached hydrogens (primary N) is 1. The number of nitrogens with zero attached hydrogens (tertiary/aromatic N) is 2. The van der Waals surface area contributed by atoms with Crippen LogP contribution < -0.4 is 20.5 Å². The Labute approximate surface area is 156 Å². The summed E-state index contributed by atoms with van der Waals surface area (Å²) < 4.78 is 10.7. The molecule has 3 rings (SSSR count). The molecule has 0 atom stereocenters. The number of hydrogen-bond acceptors (Lipinski definition) is 6. The Balaban J connectivity index is 2.22. The van der Waals surface area contributed by atoms with E-state index in [0.717, 1.165) is 16.6 Å². The third kappa shape index (κ3) is 3.23. The SMILES string of the molecule is COc1cc2ncc(C#N)c(Nc3ccc(Cl)cc3CN)c2cc1OC. The Morgan fingerprint density at radius 2 is 1.92 bits per heavy atom. The highest BCUT2D eigenvalue weighted by Gasteiger charge is 2.15. The Bertz CT molecular complexity index is 1010. The lowest BCUT2D eigenvalue weighted by Gasteiger charge is -2.16. The van der Waals surface area contributed by atoms with Gasteiger partial charge in [0.2, 0.25) is 0 Å². The number of rotatable bonds is 5. The molecule has 0 aliphatic carbocycles. The Hall–Kier alpha value is -3.01. The van der Waals surface area contributed by atoms with Crippen molar-refractivity contribution >= 4 is 33.9 Å². The number of benzene rings is 2. The van der Waals surface area contributed by atoms with Crippen LogP contribution >= 0.6 is 11.6 Å². The zero-order chi connectivity index (χ0) is 18.7. The van der Waals surface area contributed by atoms with E-state index in [-0.39, 0.29) is 0 Å². The third-order valence-corrected chi connectivity index (χ3v) is 4.28. The molecule has 0 unspecified atom stereocenters. The second kappa shape index (κ2) is 7.48. The van der Waals surface area contributed by atoms with Crippen LogP contribution in [0.25, 0.3) is 10.9 Å². The second-order valence-corrected chi connectivity index (χ2v) is 5.95. The van der Waals surface area contributed by atoms with Gasteiger partial charge in [0, 0.05) is 34.9 Å². The molecule has 2 aromatic carbocycles. The highest BCUT2D eigenvalue weighted by molar-refractivity contribution is 6.30. The minimum absolute atomic E-state index is 0.310. The topological polar surface area (TPSA) is 93.2 Å². The van der Waals surface area contributed by atoms with E-state index in [1.165, 1.54) is 6.20 Å². The molecule has 3 N–H and O–H groups in total. The van der Waals surface area contributed by atoms with Crippen LogP contribution in [0.4, 0.5) is 11.4 Å². The molecular weight excluding hydrogens is 352 g/mol. The molecular formula is C19H17ClN4O2. The summed E-state index contributed by atoms with van der Waals surface area (Å²) >= 11 is 6.05. The first-order chi connectivity index (χ1) is 12.6. The van der Waals surface area contributed by atoms with E-state index < -0.39 is 0 Å². The molecule has 0 fully saturated rings. The van der Waals surface area contributed by atoms with Crippen molar-refractivity contribution in [3.05, 3.63) is 52.7 Å². The summed E-state index contributed by atoms with van der Waals surface area (Å²) in [7, 11) is 3.12. The van der Waals surface area contributed by atoms with Crippen molar-refractivity contribution in [2.24, 2.45) is 5.73 Å². The number of pyridine rings is 1. The van der Waals surface area contributed by atoms with Crippen molar-refractivity contribution in [3.8, 4) is 17.6 Å². The molecule has 1 aromatic heterocycles. The monoisotopic (exact) mass is 368 g/mol. The second-order valence-electron chi connectivity index (χ2n) is 5.51. The maximum Gasteiger partial charge on any atom is 0.162 e. The van der Waals surface area contributed by atoms with Crippen molar-refractivity contribution in [2.45, 2.75) is 6.54 Å². The van der Waals surface area contributed by atoms with Crippen LogP contribution in [0.1, 0.15) is 11.1 Å². The predicted octanol–water partition coefficient (Wildman–Crippen LogP) is 3.98. The van der Waals surface area contributed by atoms with Crippen LogP contribution in [0.3, 0.4) is 0 Å². The maximum atomic E-state index is 9.52. The number of nitriles is 1. The summed E-state index contributed by atoms with van der Waals surface area (Å²) in [6.07, 6.45) is 1.52. The largest absolute Gasteiger partial charge is 0.493 e. The zero-order valence-corrected chi connectivity index (χ0v) is 15.1. The highest BCUT2D eigenvalue weighted by atomic mass is 35.5. The number of hydrogen-bond donors (Lipinski definition) is 2. The standard InChI is InChI=1S/C19H17ClN4O2/c1-25-17-6-14-16(7-18(17)26-2)23-10-12(9-22)19(14)24-15-4-3-13(20)5-11(15)8-21/h3-7,10H,8,21H2,1-2H3,(H,23,24). The normalized spacial score (nSPS) is 10.4. The lowest BCUT2D eigenvalue weighted by atomic mass is 10.1. The minimum atomic E-state index is 0.310. The zero-order valence-electron chi connectivity index (χ0n) is 14.3. The van der Waals surface area contributed by atoms with Gasteiger partial charge in [-0.05, 0) is 29.8 Å². The van der Waals surface area contributed by atoms with Crippen LogP contribution in [-0.2, 0) is 6.54 Å². The van der Waals surface area contributed by atoms with E-state index >= 15 is 0 Å². The van der Waals surface area contributed by atoms with E-state index in [4.69, 9.17) is 26.8 Å². The first-order valence-corrected chi connectivity index (χ1v) is 8.19. The summed E-state index contributed by atoms with van der Waals surface area (Å²) in [5.74, 6) is 1.12. The van der Waals surface area contributed by atoms with Crippen LogP contribution in [0.2, 0.25) is 5.02 Å². The Kier molecular flexibility index (Phi) is 5.12. The average molecular weight is 369 g/mol. The quantitative estimate of drug-likeness (QED) is 0.707. The van der Waals surface area contributed by atoms with Gasteiger partial charge in [-0.25, -0.2) is 0 Å². The van der Waals surface area contributed by atoms with E-state index in [0.29, 0.717) is 39.8 Å². The van der Waals surface area contributed by atoms with Gasteiger partial charge < -0.3 is 20.5 Å². The molecule has 0 spiro atoms. The highest BCUT2D eigenvalue weighted by Crippen LogP contribution is 2.37. The molecule has 1 heterocycles. The summed E-state index contributed by atoms with van der Waals surface area (Å²) in [6.45, 7) is 0.310. The molecule has 0 saturated carbocycles. The van der Waals surface area contributed by atoms with Crippen LogP contribution in [0.5, 0.6) is 11.5 Å². The van der Waals surface area contributed by atoms with Gasteiger partial charge in [-0.2, -0.15) is 5.26 Å². The number of nitrogens with one attached hydrogen (secondary N) is 1. The number of aromatic nitrogens is 1. The molecule has 0 aliphatic rings. The average Bonchev–Trinajstić information content (AvgIpc) is 2.68. The van der Waals surface area contributed by atoms with E-state index in [9.17, 15) is 5.26 Å². The number of fused-ring (bicyclic) bond motifs is 1. The third-order valence-electron chi connectivity index (χ3n) is 4.04. The lowest BCUT2D eigenvalue weighted by molar-refractivity contribution is 0.356. The lowest BCUT2D eigenvalue weighted by Crippen LogP contribution is -2.04. The van der Waals surface area contributed by atoms with E-state index in [1.807, 2.05) is 6.07 Å². The number of ether oxygens (including phenoxy) is 2. The molecule has 6 nitrogen and oxygen atoms in total. The van der Waals surface area contributed by atoms with Crippen LogP contribution in [-0.4, -0.2) is 19.2 Å². The van der Waals surface area contributed by atoms with Gasteiger partial charge in [0.15, 0.2) is 11.5 Å². The number of halogens is 1. The number of anilines is 2. The predicted molar refractivity (Wildman–Crippen MR) is 102 cm³/mol. The molecule has 132 valence electrons. The van der Waals surface area contributed by atoms with Gasteiger partial charge in [0.25, 0.3) is 0 Å². The van der Waals surface area contributed by atoms with Gasteiger partial charge in [0.05, 0.1) is 31.0 Å². The molecule has 0 radical (unpaired) electrons. The Morgan fingerprint density at radius 1 is 1.19 bits per heavy atom. The Morgan fingerprint density at radius 3 is 2.58 bits per heavy atom. The van der Waals surface area contributed by atoms with Gasteiger partial charge in [0.1, 0.15) is 6.07 Å². The molecule has 7 heteroatoms. The van der Waals surface area contributed by atoms with Crippen molar-refractivity contribution < 1.29 is 9.47 Å². The van der Waals surface area contributed by atoms with Crippen molar-refractivity contribution in [1.82, 2.24) is 4.98 Å². The van der Waals surface area contributed by atoms with Crippen molar-refractivity contribution in [1.29, 1.82) is 5.26 Å². The van der Waals surface area contributed by atoms with Gasteiger partial charge in [-0.15, -0.1) is 0 Å².